The van der Waals surface area contributed by atoms with Crippen LogP contribution < -0.4 is 5.32 Å². The molecular weight excluding hydrogens is 308 g/mol. The van der Waals surface area contributed by atoms with E-state index in [2.05, 4.69) is 15.5 Å². The summed E-state index contributed by atoms with van der Waals surface area (Å²) in [5.74, 6) is 0.559. The van der Waals surface area contributed by atoms with E-state index in [9.17, 15) is 4.79 Å². The van der Waals surface area contributed by atoms with Crippen molar-refractivity contribution < 1.29 is 14.3 Å². The first-order valence-corrected chi connectivity index (χ1v) is 8.14. The van der Waals surface area contributed by atoms with E-state index >= 15 is 0 Å². The van der Waals surface area contributed by atoms with Gasteiger partial charge in [-0.25, -0.2) is 0 Å². The molecule has 1 N–H and O–H groups in total. The van der Waals surface area contributed by atoms with Crippen molar-refractivity contribution >= 4 is 5.91 Å². The minimum atomic E-state index is -0.0682. The predicted octanol–water partition coefficient (Wildman–Crippen LogP) is 1.05. The molecule has 0 radical (unpaired) electrons. The first kappa shape index (κ1) is 15.3. The van der Waals surface area contributed by atoms with Crippen LogP contribution in [0.3, 0.4) is 0 Å². The zero-order valence-electron chi connectivity index (χ0n) is 13.5. The third-order valence-corrected chi connectivity index (χ3v) is 5.01. The Bertz CT molecular complexity index is 718. The van der Waals surface area contributed by atoms with E-state index in [-0.39, 0.29) is 24.0 Å². The highest BCUT2D eigenvalue weighted by Crippen LogP contribution is 2.43. The van der Waals surface area contributed by atoms with Crippen LogP contribution in [-0.2, 0) is 9.47 Å². The van der Waals surface area contributed by atoms with Crippen LogP contribution in [0.2, 0.25) is 0 Å². The van der Waals surface area contributed by atoms with Crippen molar-refractivity contribution in [3.8, 4) is 5.69 Å². The van der Waals surface area contributed by atoms with Gasteiger partial charge in [-0.3, -0.25) is 9.36 Å². The lowest BCUT2D eigenvalue weighted by Gasteiger charge is -2.47. The molecule has 1 aromatic heterocycles. The molecule has 24 heavy (non-hydrogen) atoms. The maximum absolute atomic E-state index is 12.7. The Morgan fingerprint density at radius 1 is 1.42 bits per heavy atom. The number of rotatable bonds is 5. The van der Waals surface area contributed by atoms with Gasteiger partial charge in [0.1, 0.15) is 12.7 Å². The number of methoxy groups -OCH3 is 1. The summed E-state index contributed by atoms with van der Waals surface area (Å²) in [6.07, 6.45) is 4.44. The molecule has 4 atom stereocenters. The number of carbonyl (C=O) groups excluding carboxylic acids is 1. The monoisotopic (exact) mass is 328 g/mol. The number of carbonyl (C=O) groups is 1. The van der Waals surface area contributed by atoms with Crippen LogP contribution in [-0.4, -0.2) is 53.1 Å². The van der Waals surface area contributed by atoms with E-state index < -0.39 is 0 Å². The molecule has 4 rings (SSSR count). The van der Waals surface area contributed by atoms with Crippen LogP contribution >= 0.6 is 0 Å². The van der Waals surface area contributed by atoms with E-state index in [0.29, 0.717) is 18.1 Å². The van der Waals surface area contributed by atoms with Crippen LogP contribution in [0.15, 0.2) is 36.9 Å². The van der Waals surface area contributed by atoms with Crippen molar-refractivity contribution in [2.75, 3.05) is 20.3 Å². The molecule has 0 bridgehead atoms. The van der Waals surface area contributed by atoms with Crippen molar-refractivity contribution in [1.29, 1.82) is 0 Å². The first-order chi connectivity index (χ1) is 11.8. The van der Waals surface area contributed by atoms with E-state index in [1.807, 2.05) is 24.3 Å². The number of nitrogens with one attached hydrogen (secondary N) is 1. The van der Waals surface area contributed by atoms with Crippen LogP contribution in [0.1, 0.15) is 16.8 Å². The number of ether oxygens (including phenoxy) is 2. The zero-order valence-corrected chi connectivity index (χ0v) is 13.5. The summed E-state index contributed by atoms with van der Waals surface area (Å²) in [4.78, 5) is 12.7. The van der Waals surface area contributed by atoms with Crippen molar-refractivity contribution in [3.63, 3.8) is 0 Å². The molecular formula is C17H20N4O3. The summed E-state index contributed by atoms with van der Waals surface area (Å²) in [7, 11) is 1.68. The molecule has 1 aliphatic heterocycles. The topological polar surface area (TPSA) is 78.3 Å². The minimum absolute atomic E-state index is 0.0682. The first-order valence-electron chi connectivity index (χ1n) is 8.14. The molecule has 7 heteroatoms. The second-order valence-corrected chi connectivity index (χ2v) is 6.33. The van der Waals surface area contributed by atoms with Gasteiger partial charge in [0.15, 0.2) is 0 Å². The van der Waals surface area contributed by atoms with Crippen molar-refractivity contribution in [1.82, 2.24) is 20.1 Å². The number of benzene rings is 1. The largest absolute Gasteiger partial charge is 0.384 e. The highest BCUT2D eigenvalue weighted by atomic mass is 16.5. The molecule has 1 amide bonds. The van der Waals surface area contributed by atoms with Gasteiger partial charge >= 0.3 is 0 Å². The Morgan fingerprint density at radius 2 is 2.25 bits per heavy atom. The van der Waals surface area contributed by atoms with Gasteiger partial charge in [-0.05, 0) is 24.6 Å². The summed E-state index contributed by atoms with van der Waals surface area (Å²) in [6, 6.07) is 7.54. The zero-order chi connectivity index (χ0) is 16.5. The fourth-order valence-corrected chi connectivity index (χ4v) is 3.81. The fraction of sp³-hybridized carbons (Fsp3) is 0.471. The van der Waals surface area contributed by atoms with Gasteiger partial charge in [0, 0.05) is 42.8 Å². The predicted molar refractivity (Wildman–Crippen MR) is 85.8 cm³/mol. The van der Waals surface area contributed by atoms with Gasteiger partial charge in [-0.2, -0.15) is 0 Å². The normalized spacial score (nSPS) is 28.2. The van der Waals surface area contributed by atoms with Crippen molar-refractivity contribution in [3.05, 3.63) is 42.5 Å². The molecule has 2 aromatic rings. The number of hydrogen-bond acceptors (Lipinski definition) is 5. The molecule has 126 valence electrons. The summed E-state index contributed by atoms with van der Waals surface area (Å²) in [5, 5.41) is 10.8. The standard InChI is InChI=1S/C17H20N4O3/c1-23-8-14-15(13-5-6-24-16(13)14)20-17(22)11-3-2-4-12(7-11)21-9-18-19-10-21/h2-4,7,9-10,13-16H,5-6,8H2,1H3,(H,20,22)/t13-,14-,15+,16-/m0/s1. The Morgan fingerprint density at radius 3 is 3.04 bits per heavy atom. The summed E-state index contributed by atoms with van der Waals surface area (Å²) in [5.41, 5.74) is 1.48. The summed E-state index contributed by atoms with van der Waals surface area (Å²) < 4.78 is 12.8. The molecule has 1 saturated heterocycles. The van der Waals surface area contributed by atoms with Crippen molar-refractivity contribution in [2.24, 2.45) is 11.8 Å². The number of nitrogens with zero attached hydrogens (tertiary/aromatic N) is 3. The second kappa shape index (κ2) is 6.33. The lowest BCUT2D eigenvalue weighted by Crippen LogP contribution is -2.62. The number of amides is 1. The average Bonchev–Trinajstić information content (AvgIpc) is 3.27. The van der Waals surface area contributed by atoms with Crippen LogP contribution in [0.25, 0.3) is 5.69 Å². The molecule has 1 saturated carbocycles. The van der Waals surface area contributed by atoms with Crippen LogP contribution in [0.5, 0.6) is 0 Å². The highest BCUT2D eigenvalue weighted by Gasteiger charge is 2.54. The Kier molecular flexibility index (Phi) is 4.03. The smallest absolute Gasteiger partial charge is 0.251 e. The molecule has 2 aliphatic rings. The number of fused-ring (bicyclic) bond motifs is 1. The van der Waals surface area contributed by atoms with Crippen LogP contribution in [0, 0.1) is 11.8 Å². The van der Waals surface area contributed by atoms with Gasteiger partial charge in [0.25, 0.3) is 5.91 Å². The Hall–Kier alpha value is -2.25. The van der Waals surface area contributed by atoms with Crippen molar-refractivity contribution in [2.45, 2.75) is 18.6 Å². The average molecular weight is 328 g/mol. The molecule has 1 aliphatic carbocycles. The van der Waals surface area contributed by atoms with Crippen LogP contribution in [0.4, 0.5) is 0 Å². The molecule has 0 spiro atoms. The molecule has 0 unspecified atom stereocenters. The van der Waals surface area contributed by atoms with Gasteiger partial charge < -0.3 is 14.8 Å². The maximum atomic E-state index is 12.7. The van der Waals surface area contributed by atoms with E-state index in [4.69, 9.17) is 9.47 Å². The van der Waals surface area contributed by atoms with E-state index in [0.717, 1.165) is 18.7 Å². The summed E-state index contributed by atoms with van der Waals surface area (Å²) in [6.45, 7) is 1.37. The second-order valence-electron chi connectivity index (χ2n) is 6.33. The van der Waals surface area contributed by atoms with E-state index in [1.54, 1.807) is 24.3 Å². The van der Waals surface area contributed by atoms with Gasteiger partial charge in [-0.15, -0.1) is 10.2 Å². The van der Waals surface area contributed by atoms with E-state index in [1.165, 1.54) is 0 Å². The lowest BCUT2D eigenvalue weighted by molar-refractivity contribution is -0.0809. The Labute approximate surface area is 140 Å². The number of hydrogen-bond donors (Lipinski definition) is 1. The van der Waals surface area contributed by atoms with Gasteiger partial charge in [0.05, 0.1) is 12.7 Å². The third-order valence-electron chi connectivity index (χ3n) is 5.01. The van der Waals surface area contributed by atoms with Gasteiger partial charge in [0.2, 0.25) is 0 Å². The SMILES string of the molecule is COC[C@H]1[C@H](NC(=O)c2cccc(-n3cnnc3)c2)[C@@H]2CCO[C@@H]21. The molecule has 1 aromatic carbocycles. The summed E-state index contributed by atoms with van der Waals surface area (Å²) >= 11 is 0. The quantitative estimate of drug-likeness (QED) is 0.887. The number of aromatic nitrogens is 3. The molecule has 7 nitrogen and oxygen atoms in total. The fourth-order valence-electron chi connectivity index (χ4n) is 3.81. The van der Waals surface area contributed by atoms with Gasteiger partial charge in [-0.1, -0.05) is 6.07 Å². The lowest BCUT2D eigenvalue weighted by atomic mass is 9.67. The maximum Gasteiger partial charge on any atom is 0.251 e. The Balaban J connectivity index is 1.49. The third kappa shape index (κ3) is 2.59. The highest BCUT2D eigenvalue weighted by molar-refractivity contribution is 5.95. The molecule has 2 heterocycles. The minimum Gasteiger partial charge on any atom is -0.384 e. The molecule has 2 fully saturated rings.